The fraction of sp³-hybridized carbons (Fsp3) is 0. The molecular formula is C48H32N2O. The van der Waals surface area contributed by atoms with Crippen LogP contribution in [0.4, 0.5) is 17.1 Å². The van der Waals surface area contributed by atoms with Crippen LogP contribution in [-0.2, 0) is 0 Å². The van der Waals surface area contributed by atoms with E-state index in [1.807, 2.05) is 12.1 Å². The molecule has 0 spiro atoms. The quantitative estimate of drug-likeness (QED) is 0.178. The molecule has 0 aliphatic carbocycles. The van der Waals surface area contributed by atoms with Gasteiger partial charge in [0, 0.05) is 44.2 Å². The van der Waals surface area contributed by atoms with Crippen LogP contribution >= 0.6 is 0 Å². The molecule has 10 aromatic rings. The molecule has 2 aromatic heterocycles. The van der Waals surface area contributed by atoms with E-state index in [4.69, 9.17) is 4.42 Å². The van der Waals surface area contributed by atoms with Gasteiger partial charge in [0.15, 0.2) is 0 Å². The molecule has 0 amide bonds. The third-order valence-corrected chi connectivity index (χ3v) is 9.99. The number of furan rings is 1. The zero-order valence-electron chi connectivity index (χ0n) is 27.8. The van der Waals surface area contributed by atoms with Crippen LogP contribution < -0.4 is 4.90 Å². The maximum absolute atomic E-state index is 6.30. The van der Waals surface area contributed by atoms with Gasteiger partial charge in [0.2, 0.25) is 0 Å². The lowest BCUT2D eigenvalue weighted by Gasteiger charge is -2.28. The molecule has 51 heavy (non-hydrogen) atoms. The Morgan fingerprint density at radius 3 is 1.76 bits per heavy atom. The summed E-state index contributed by atoms with van der Waals surface area (Å²) in [7, 11) is 0. The number of benzene rings is 8. The van der Waals surface area contributed by atoms with Gasteiger partial charge in [-0.15, -0.1) is 0 Å². The first-order valence-corrected chi connectivity index (χ1v) is 17.4. The molecule has 8 aromatic carbocycles. The SMILES string of the molecule is c1ccc(N(c2ccc(-c3cccc(-n4c5ccccc5c5ccccc54)c3)cc2)c2ccccc2-c2ccc3c(c2)oc2ccccc23)cc1. The molecule has 0 fully saturated rings. The number of rotatable bonds is 6. The first kappa shape index (κ1) is 29.1. The van der Waals surface area contributed by atoms with Crippen molar-refractivity contribution in [3.63, 3.8) is 0 Å². The van der Waals surface area contributed by atoms with Gasteiger partial charge >= 0.3 is 0 Å². The summed E-state index contributed by atoms with van der Waals surface area (Å²) in [5.74, 6) is 0. The van der Waals surface area contributed by atoms with Gasteiger partial charge in [-0.25, -0.2) is 0 Å². The normalized spacial score (nSPS) is 11.5. The van der Waals surface area contributed by atoms with Gasteiger partial charge < -0.3 is 13.9 Å². The zero-order chi connectivity index (χ0) is 33.7. The molecule has 3 heteroatoms. The van der Waals surface area contributed by atoms with Crippen LogP contribution in [0.2, 0.25) is 0 Å². The van der Waals surface area contributed by atoms with Gasteiger partial charge in [-0.1, -0.05) is 121 Å². The minimum absolute atomic E-state index is 0.891. The van der Waals surface area contributed by atoms with Crippen LogP contribution in [0.25, 0.3) is 71.7 Å². The van der Waals surface area contributed by atoms with Crippen molar-refractivity contribution in [2.45, 2.75) is 0 Å². The average molecular weight is 653 g/mol. The van der Waals surface area contributed by atoms with E-state index in [0.29, 0.717) is 0 Å². The second-order valence-electron chi connectivity index (χ2n) is 13.0. The topological polar surface area (TPSA) is 21.3 Å². The summed E-state index contributed by atoms with van der Waals surface area (Å²) in [6.07, 6.45) is 0. The van der Waals surface area contributed by atoms with Gasteiger partial charge in [-0.05, 0) is 89.5 Å². The van der Waals surface area contributed by atoms with Crippen molar-refractivity contribution in [1.29, 1.82) is 0 Å². The standard InChI is InChI=1S/C48H32N2O/c1-2-14-36(15-3-1)49(44-21-8-4-17-39(44)35-27-30-43-42-20-7-11-24-47(42)51-48(43)32-35)37-28-25-33(26-29-37)34-13-12-16-38(31-34)50-45-22-9-5-18-40(45)41-19-6-10-23-46(41)50/h1-32H. The summed E-state index contributed by atoms with van der Waals surface area (Å²) in [5, 5.41) is 4.80. The van der Waals surface area contributed by atoms with Gasteiger partial charge in [0.05, 0.1) is 16.7 Å². The Labute approximate surface area is 295 Å². The lowest BCUT2D eigenvalue weighted by molar-refractivity contribution is 0.669. The lowest BCUT2D eigenvalue weighted by atomic mass is 9.99. The summed E-state index contributed by atoms with van der Waals surface area (Å²) in [6, 6.07) is 69.1. The molecule has 2 heterocycles. The molecule has 0 atom stereocenters. The number of hydrogen-bond donors (Lipinski definition) is 0. The molecule has 10 rings (SSSR count). The summed E-state index contributed by atoms with van der Waals surface area (Å²) in [6.45, 7) is 0. The second kappa shape index (κ2) is 11.9. The summed E-state index contributed by atoms with van der Waals surface area (Å²) in [5.41, 5.74) is 13.2. The van der Waals surface area contributed by atoms with E-state index in [0.717, 1.165) is 61.4 Å². The molecule has 0 N–H and O–H groups in total. The summed E-state index contributed by atoms with van der Waals surface area (Å²) < 4.78 is 8.67. The molecule has 3 nitrogen and oxygen atoms in total. The lowest BCUT2D eigenvalue weighted by Crippen LogP contribution is -2.11. The predicted octanol–water partition coefficient (Wildman–Crippen LogP) is 13.5. The van der Waals surface area contributed by atoms with Crippen molar-refractivity contribution in [3.05, 3.63) is 194 Å². The Hall–Kier alpha value is -6.84. The predicted molar refractivity (Wildman–Crippen MR) is 214 cm³/mol. The van der Waals surface area contributed by atoms with E-state index in [1.165, 1.54) is 27.4 Å². The summed E-state index contributed by atoms with van der Waals surface area (Å²) in [4.78, 5) is 2.34. The van der Waals surface area contributed by atoms with Crippen LogP contribution in [0.3, 0.4) is 0 Å². The van der Waals surface area contributed by atoms with Crippen molar-refractivity contribution in [2.75, 3.05) is 4.90 Å². The van der Waals surface area contributed by atoms with Crippen molar-refractivity contribution in [3.8, 4) is 27.9 Å². The minimum atomic E-state index is 0.891. The van der Waals surface area contributed by atoms with E-state index in [2.05, 4.69) is 191 Å². The Bertz CT molecular complexity index is 2810. The van der Waals surface area contributed by atoms with Crippen LogP contribution in [0.1, 0.15) is 0 Å². The molecular weight excluding hydrogens is 621 g/mol. The molecule has 0 saturated heterocycles. The van der Waals surface area contributed by atoms with Crippen LogP contribution in [0, 0.1) is 0 Å². The second-order valence-corrected chi connectivity index (χ2v) is 13.0. The number of aromatic nitrogens is 1. The van der Waals surface area contributed by atoms with Crippen LogP contribution in [-0.4, -0.2) is 4.57 Å². The average Bonchev–Trinajstić information content (AvgIpc) is 3.74. The molecule has 0 bridgehead atoms. The van der Waals surface area contributed by atoms with E-state index in [-0.39, 0.29) is 0 Å². The third kappa shape index (κ3) is 4.90. The highest BCUT2D eigenvalue weighted by Gasteiger charge is 2.18. The number of nitrogens with zero attached hydrogens (tertiary/aromatic N) is 2. The minimum Gasteiger partial charge on any atom is -0.456 e. The summed E-state index contributed by atoms with van der Waals surface area (Å²) >= 11 is 0. The van der Waals surface area contributed by atoms with Crippen LogP contribution in [0.5, 0.6) is 0 Å². The third-order valence-electron chi connectivity index (χ3n) is 9.99. The van der Waals surface area contributed by atoms with Gasteiger partial charge in [-0.2, -0.15) is 0 Å². The molecule has 240 valence electrons. The van der Waals surface area contributed by atoms with E-state index in [9.17, 15) is 0 Å². The zero-order valence-corrected chi connectivity index (χ0v) is 27.8. The molecule has 0 aliphatic heterocycles. The van der Waals surface area contributed by atoms with Gasteiger partial charge in [0.25, 0.3) is 0 Å². The smallest absolute Gasteiger partial charge is 0.136 e. The highest BCUT2D eigenvalue weighted by molar-refractivity contribution is 6.09. The largest absolute Gasteiger partial charge is 0.456 e. The fourth-order valence-corrected chi connectivity index (χ4v) is 7.64. The maximum Gasteiger partial charge on any atom is 0.136 e. The highest BCUT2D eigenvalue weighted by Crippen LogP contribution is 2.42. The molecule has 0 radical (unpaired) electrons. The maximum atomic E-state index is 6.30. The number of hydrogen-bond acceptors (Lipinski definition) is 2. The Morgan fingerprint density at radius 1 is 0.373 bits per heavy atom. The Kier molecular flexibility index (Phi) is 6.81. The first-order valence-electron chi connectivity index (χ1n) is 17.4. The van der Waals surface area contributed by atoms with E-state index < -0.39 is 0 Å². The Balaban J connectivity index is 1.06. The molecule has 0 aliphatic rings. The van der Waals surface area contributed by atoms with E-state index >= 15 is 0 Å². The van der Waals surface area contributed by atoms with Crippen molar-refractivity contribution in [2.24, 2.45) is 0 Å². The molecule has 0 saturated carbocycles. The number of fused-ring (bicyclic) bond motifs is 6. The number of anilines is 3. The first-order chi connectivity index (χ1) is 25.3. The van der Waals surface area contributed by atoms with Crippen LogP contribution in [0.15, 0.2) is 199 Å². The van der Waals surface area contributed by atoms with E-state index in [1.54, 1.807) is 0 Å². The monoisotopic (exact) mass is 652 g/mol. The van der Waals surface area contributed by atoms with Gasteiger partial charge in [0.1, 0.15) is 11.2 Å². The van der Waals surface area contributed by atoms with Crippen molar-refractivity contribution in [1.82, 2.24) is 4.57 Å². The van der Waals surface area contributed by atoms with Crippen molar-refractivity contribution >= 4 is 60.8 Å². The fourth-order valence-electron chi connectivity index (χ4n) is 7.64. The molecule has 0 unspecified atom stereocenters. The number of para-hydroxylation sites is 5. The van der Waals surface area contributed by atoms with Gasteiger partial charge in [-0.3, -0.25) is 0 Å². The Morgan fingerprint density at radius 2 is 0.980 bits per heavy atom. The highest BCUT2D eigenvalue weighted by atomic mass is 16.3. The van der Waals surface area contributed by atoms with Crippen molar-refractivity contribution < 1.29 is 4.42 Å².